The van der Waals surface area contributed by atoms with Crippen LogP contribution in [0.3, 0.4) is 0 Å². The Morgan fingerprint density at radius 1 is 1.48 bits per heavy atom. The minimum atomic E-state index is -0.596. The number of carbonyl (C=O) groups excluding carboxylic acids is 1. The number of rotatable bonds is 6. The lowest BCUT2D eigenvalue weighted by Gasteiger charge is -2.03. The highest BCUT2D eigenvalue weighted by Crippen LogP contribution is 2.23. The first-order valence-corrected chi connectivity index (χ1v) is 7.16. The third-order valence-corrected chi connectivity index (χ3v) is 3.26. The van der Waals surface area contributed by atoms with Gasteiger partial charge in [-0.05, 0) is 24.6 Å². The zero-order chi connectivity index (χ0) is 16.8. The number of methoxy groups -OCH3 is 1. The van der Waals surface area contributed by atoms with Crippen LogP contribution in [0, 0.1) is 5.82 Å². The van der Waals surface area contributed by atoms with E-state index in [-0.39, 0.29) is 24.0 Å². The Balaban J connectivity index is 2.40. The molecule has 2 rings (SSSR count). The number of carbonyl (C=O) groups is 1. The van der Waals surface area contributed by atoms with Crippen LogP contribution in [0.25, 0.3) is 6.08 Å². The Hall–Kier alpha value is -2.41. The molecule has 0 aliphatic heterocycles. The fraction of sp³-hybridized carbons (Fsp3) is 0.267. The Morgan fingerprint density at radius 2 is 2.26 bits per heavy atom. The highest BCUT2D eigenvalue weighted by Gasteiger charge is 2.21. The molecule has 2 aromatic heterocycles. The standard InChI is InChI=1S/C15H15ClFN3O3/c1-3-23-15(21)13-12(4-5-22-2)14(16)20(19-13)9-10-6-11(17)8-18-7-10/h4-8H,3,9H2,1-2H3. The molecule has 0 saturated heterocycles. The van der Waals surface area contributed by atoms with Gasteiger partial charge < -0.3 is 9.47 Å². The van der Waals surface area contributed by atoms with Gasteiger partial charge in [0, 0.05) is 11.8 Å². The summed E-state index contributed by atoms with van der Waals surface area (Å²) in [6.07, 6.45) is 5.49. The van der Waals surface area contributed by atoms with Gasteiger partial charge in [0.1, 0.15) is 11.0 Å². The second kappa shape index (κ2) is 7.73. The molecular formula is C15H15ClFN3O3. The molecule has 0 aliphatic carbocycles. The monoisotopic (exact) mass is 339 g/mol. The number of nitrogens with zero attached hydrogens (tertiary/aromatic N) is 3. The van der Waals surface area contributed by atoms with Crippen molar-refractivity contribution in [3.05, 3.63) is 52.5 Å². The van der Waals surface area contributed by atoms with E-state index >= 15 is 0 Å². The van der Waals surface area contributed by atoms with E-state index in [1.807, 2.05) is 0 Å². The molecule has 0 N–H and O–H groups in total. The number of aromatic nitrogens is 3. The molecule has 0 spiro atoms. The van der Waals surface area contributed by atoms with Gasteiger partial charge in [-0.2, -0.15) is 5.10 Å². The lowest BCUT2D eigenvalue weighted by molar-refractivity contribution is 0.0518. The molecule has 0 radical (unpaired) electrons. The van der Waals surface area contributed by atoms with Crippen molar-refractivity contribution in [1.82, 2.24) is 14.8 Å². The van der Waals surface area contributed by atoms with Crippen molar-refractivity contribution in [3.8, 4) is 0 Å². The predicted octanol–water partition coefficient (Wildman–Crippen LogP) is 2.91. The third kappa shape index (κ3) is 4.07. The third-order valence-electron chi connectivity index (χ3n) is 2.86. The van der Waals surface area contributed by atoms with Gasteiger partial charge in [0.25, 0.3) is 0 Å². The van der Waals surface area contributed by atoms with Gasteiger partial charge in [-0.3, -0.25) is 4.98 Å². The van der Waals surface area contributed by atoms with Crippen molar-refractivity contribution < 1.29 is 18.7 Å². The largest absolute Gasteiger partial charge is 0.504 e. The summed E-state index contributed by atoms with van der Waals surface area (Å²) in [4.78, 5) is 15.8. The van der Waals surface area contributed by atoms with Gasteiger partial charge >= 0.3 is 5.97 Å². The summed E-state index contributed by atoms with van der Waals surface area (Å²) in [6.45, 7) is 2.07. The topological polar surface area (TPSA) is 66.2 Å². The Labute approximate surface area is 137 Å². The maximum Gasteiger partial charge on any atom is 0.359 e. The number of hydrogen-bond acceptors (Lipinski definition) is 5. The minimum absolute atomic E-state index is 0.0644. The van der Waals surface area contributed by atoms with E-state index in [2.05, 4.69) is 10.1 Å². The number of halogens is 2. The Bertz CT molecular complexity index is 731. The summed E-state index contributed by atoms with van der Waals surface area (Å²) in [5.74, 6) is -1.06. The van der Waals surface area contributed by atoms with E-state index in [0.717, 1.165) is 6.20 Å². The number of hydrogen-bond donors (Lipinski definition) is 0. The second-order valence-electron chi connectivity index (χ2n) is 4.48. The zero-order valence-corrected chi connectivity index (χ0v) is 13.4. The first-order chi connectivity index (χ1) is 11.1. The highest BCUT2D eigenvalue weighted by molar-refractivity contribution is 6.31. The first-order valence-electron chi connectivity index (χ1n) is 6.79. The number of esters is 1. The van der Waals surface area contributed by atoms with Crippen LogP contribution in [0.15, 0.2) is 24.7 Å². The normalized spacial score (nSPS) is 11.0. The molecule has 6 nitrogen and oxygen atoms in total. The summed E-state index contributed by atoms with van der Waals surface area (Å²) in [5, 5.41) is 4.37. The van der Waals surface area contributed by atoms with Gasteiger partial charge in [-0.15, -0.1) is 0 Å². The van der Waals surface area contributed by atoms with Crippen LogP contribution in [0.2, 0.25) is 5.15 Å². The van der Waals surface area contributed by atoms with Crippen molar-refractivity contribution in [3.63, 3.8) is 0 Å². The fourth-order valence-corrected chi connectivity index (χ4v) is 2.16. The SMILES string of the molecule is CCOC(=O)c1nn(Cc2cncc(F)c2)c(Cl)c1C=COC. The molecule has 2 aromatic rings. The Morgan fingerprint density at radius 3 is 2.91 bits per heavy atom. The van der Waals surface area contributed by atoms with E-state index in [4.69, 9.17) is 21.1 Å². The van der Waals surface area contributed by atoms with Crippen molar-refractivity contribution in [2.45, 2.75) is 13.5 Å². The summed E-state index contributed by atoms with van der Waals surface area (Å²) < 4.78 is 24.4. The van der Waals surface area contributed by atoms with Crippen LogP contribution in [-0.2, 0) is 16.0 Å². The molecule has 0 unspecified atom stereocenters. The van der Waals surface area contributed by atoms with Crippen LogP contribution in [-0.4, -0.2) is 34.5 Å². The average molecular weight is 340 g/mol. The molecule has 0 amide bonds. The molecule has 0 bridgehead atoms. The highest BCUT2D eigenvalue weighted by atomic mass is 35.5. The van der Waals surface area contributed by atoms with E-state index in [1.165, 1.54) is 36.4 Å². The molecular weight excluding hydrogens is 325 g/mol. The van der Waals surface area contributed by atoms with E-state index in [1.54, 1.807) is 6.92 Å². The molecule has 0 fully saturated rings. The maximum absolute atomic E-state index is 13.2. The summed E-state index contributed by atoms with van der Waals surface area (Å²) in [7, 11) is 1.47. The molecule has 0 aromatic carbocycles. The Kier molecular flexibility index (Phi) is 5.70. The van der Waals surface area contributed by atoms with Gasteiger partial charge in [-0.25, -0.2) is 13.9 Å². The van der Waals surface area contributed by atoms with Gasteiger partial charge in [0.05, 0.1) is 32.7 Å². The van der Waals surface area contributed by atoms with E-state index in [9.17, 15) is 9.18 Å². The van der Waals surface area contributed by atoms with Gasteiger partial charge in [-0.1, -0.05) is 11.6 Å². The van der Waals surface area contributed by atoms with E-state index in [0.29, 0.717) is 11.1 Å². The lowest BCUT2D eigenvalue weighted by atomic mass is 10.2. The maximum atomic E-state index is 13.2. The van der Waals surface area contributed by atoms with Gasteiger partial charge in [0.15, 0.2) is 5.69 Å². The van der Waals surface area contributed by atoms with E-state index < -0.39 is 11.8 Å². The molecule has 8 heteroatoms. The number of pyridine rings is 1. The fourth-order valence-electron chi connectivity index (χ4n) is 1.91. The zero-order valence-electron chi connectivity index (χ0n) is 12.6. The van der Waals surface area contributed by atoms with Crippen molar-refractivity contribution in [1.29, 1.82) is 0 Å². The van der Waals surface area contributed by atoms with Crippen LogP contribution < -0.4 is 0 Å². The number of ether oxygens (including phenoxy) is 2. The summed E-state index contributed by atoms with van der Waals surface area (Å²) in [5.41, 5.74) is 0.998. The quantitative estimate of drug-likeness (QED) is 0.598. The molecule has 23 heavy (non-hydrogen) atoms. The van der Waals surface area contributed by atoms with Crippen LogP contribution >= 0.6 is 11.6 Å². The van der Waals surface area contributed by atoms with Crippen molar-refractivity contribution in [2.24, 2.45) is 0 Å². The molecule has 122 valence electrons. The van der Waals surface area contributed by atoms with Crippen LogP contribution in [0.5, 0.6) is 0 Å². The van der Waals surface area contributed by atoms with Crippen molar-refractivity contribution >= 4 is 23.6 Å². The summed E-state index contributed by atoms with van der Waals surface area (Å²) >= 11 is 6.27. The average Bonchev–Trinajstić information content (AvgIpc) is 2.82. The molecule has 2 heterocycles. The lowest BCUT2D eigenvalue weighted by Crippen LogP contribution is -2.09. The first kappa shape index (κ1) is 17.0. The molecule has 0 aliphatic rings. The van der Waals surface area contributed by atoms with Crippen molar-refractivity contribution in [2.75, 3.05) is 13.7 Å². The second-order valence-corrected chi connectivity index (χ2v) is 4.84. The van der Waals surface area contributed by atoms with Gasteiger partial charge in [0.2, 0.25) is 0 Å². The minimum Gasteiger partial charge on any atom is -0.504 e. The van der Waals surface area contributed by atoms with Crippen LogP contribution in [0.1, 0.15) is 28.5 Å². The smallest absolute Gasteiger partial charge is 0.359 e. The molecule has 0 atom stereocenters. The molecule has 0 saturated carbocycles. The van der Waals surface area contributed by atoms with Crippen LogP contribution in [0.4, 0.5) is 4.39 Å². The summed E-state index contributed by atoms with van der Waals surface area (Å²) in [6, 6.07) is 1.32. The predicted molar refractivity (Wildman–Crippen MR) is 82.5 cm³/mol.